The van der Waals surface area contributed by atoms with Crippen LogP contribution in [0.4, 0.5) is 17.1 Å². The molecule has 298 valence electrons. The molecule has 0 saturated heterocycles. The molecule has 0 bridgehead atoms. The molecule has 1 spiro atoms. The van der Waals surface area contributed by atoms with E-state index in [0.717, 1.165) is 17.1 Å². The first-order valence-corrected chi connectivity index (χ1v) is 22.1. The van der Waals surface area contributed by atoms with Gasteiger partial charge < -0.3 is 4.90 Å². The van der Waals surface area contributed by atoms with Crippen molar-refractivity contribution in [2.75, 3.05) is 4.90 Å². The minimum absolute atomic E-state index is 0.127. The Morgan fingerprint density at radius 2 is 0.698 bits per heavy atom. The lowest BCUT2D eigenvalue weighted by molar-refractivity contribution is 0.563. The minimum atomic E-state index is -0.418. The molecule has 10 aromatic carbocycles. The van der Waals surface area contributed by atoms with Crippen LogP contribution >= 0.6 is 0 Å². The fraction of sp³-hybridized carbons (Fsp3) is 0.0645. The van der Waals surface area contributed by atoms with Crippen LogP contribution in [0, 0.1) is 0 Å². The van der Waals surface area contributed by atoms with Crippen molar-refractivity contribution in [2.24, 2.45) is 0 Å². The van der Waals surface area contributed by atoms with Crippen molar-refractivity contribution in [3.8, 4) is 44.5 Å². The summed E-state index contributed by atoms with van der Waals surface area (Å²) in [6.07, 6.45) is 0. The van der Waals surface area contributed by atoms with Crippen LogP contribution < -0.4 is 4.90 Å². The Morgan fingerprint density at radius 3 is 1.29 bits per heavy atom. The summed E-state index contributed by atoms with van der Waals surface area (Å²) in [5.74, 6) is 0. The van der Waals surface area contributed by atoms with Gasteiger partial charge in [0.05, 0.1) is 5.41 Å². The number of hydrogen-bond acceptors (Lipinski definition) is 1. The highest BCUT2D eigenvalue weighted by molar-refractivity contribution is 5.99. The normalized spacial score (nSPS) is 13.8. The third kappa shape index (κ3) is 5.70. The van der Waals surface area contributed by atoms with E-state index in [0.29, 0.717) is 0 Å². The van der Waals surface area contributed by atoms with E-state index < -0.39 is 5.41 Å². The lowest BCUT2D eigenvalue weighted by Gasteiger charge is -2.46. The fourth-order valence-corrected chi connectivity index (χ4v) is 11.0. The molecular formula is C62H45N. The van der Waals surface area contributed by atoms with Gasteiger partial charge in [0.2, 0.25) is 0 Å². The molecule has 10 aromatic rings. The van der Waals surface area contributed by atoms with E-state index in [2.05, 4.69) is 255 Å². The molecule has 0 aliphatic heterocycles. The van der Waals surface area contributed by atoms with Gasteiger partial charge in [-0.25, -0.2) is 0 Å². The maximum absolute atomic E-state index is 2.39. The number of fused-ring (bicyclic) bond motifs is 10. The van der Waals surface area contributed by atoms with Gasteiger partial charge in [-0.2, -0.15) is 0 Å². The second-order valence-corrected chi connectivity index (χ2v) is 17.6. The Kier molecular flexibility index (Phi) is 8.49. The molecule has 63 heavy (non-hydrogen) atoms. The van der Waals surface area contributed by atoms with Crippen LogP contribution in [-0.4, -0.2) is 0 Å². The topological polar surface area (TPSA) is 3.24 Å². The first-order chi connectivity index (χ1) is 31.0. The summed E-state index contributed by atoms with van der Waals surface area (Å²) in [6, 6.07) is 87.6. The van der Waals surface area contributed by atoms with Crippen molar-refractivity contribution >= 4 is 27.8 Å². The first-order valence-electron chi connectivity index (χ1n) is 22.1. The molecule has 2 aliphatic rings. The maximum atomic E-state index is 2.39. The van der Waals surface area contributed by atoms with Crippen molar-refractivity contribution < 1.29 is 0 Å². The van der Waals surface area contributed by atoms with E-state index in [-0.39, 0.29) is 5.41 Å². The van der Waals surface area contributed by atoms with Crippen LogP contribution in [0.3, 0.4) is 0 Å². The number of hydrogen-bond donors (Lipinski definition) is 0. The van der Waals surface area contributed by atoms with Crippen molar-refractivity contribution in [3.05, 3.63) is 270 Å². The summed E-state index contributed by atoms with van der Waals surface area (Å²) >= 11 is 0. The van der Waals surface area contributed by atoms with E-state index in [4.69, 9.17) is 0 Å². The van der Waals surface area contributed by atoms with Crippen molar-refractivity contribution in [2.45, 2.75) is 24.7 Å². The summed E-state index contributed by atoms with van der Waals surface area (Å²) in [4.78, 5) is 2.37. The van der Waals surface area contributed by atoms with Gasteiger partial charge >= 0.3 is 0 Å². The van der Waals surface area contributed by atoms with Crippen LogP contribution in [0.2, 0.25) is 0 Å². The minimum Gasteiger partial charge on any atom is -0.310 e. The smallest absolute Gasteiger partial charge is 0.0719 e. The van der Waals surface area contributed by atoms with E-state index in [9.17, 15) is 0 Å². The highest BCUT2D eigenvalue weighted by atomic mass is 15.1. The average Bonchev–Trinajstić information content (AvgIpc) is 3.65. The monoisotopic (exact) mass is 803 g/mol. The van der Waals surface area contributed by atoms with Gasteiger partial charge in [0.1, 0.15) is 0 Å². The van der Waals surface area contributed by atoms with Gasteiger partial charge in [0, 0.05) is 22.5 Å². The molecule has 0 radical (unpaired) electrons. The molecule has 0 fully saturated rings. The average molecular weight is 804 g/mol. The lowest BCUT2D eigenvalue weighted by atomic mass is 9.55. The molecule has 0 unspecified atom stereocenters. The maximum Gasteiger partial charge on any atom is 0.0719 e. The molecule has 0 aromatic heterocycles. The Bertz CT molecular complexity index is 3210. The molecular weight excluding hydrogens is 759 g/mol. The van der Waals surface area contributed by atoms with Gasteiger partial charge in [0.15, 0.2) is 0 Å². The van der Waals surface area contributed by atoms with Crippen molar-refractivity contribution in [1.82, 2.24) is 0 Å². The van der Waals surface area contributed by atoms with Crippen LogP contribution in [-0.2, 0) is 10.8 Å². The van der Waals surface area contributed by atoms with Gasteiger partial charge in [-0.05, 0) is 131 Å². The van der Waals surface area contributed by atoms with Crippen molar-refractivity contribution in [3.63, 3.8) is 0 Å². The van der Waals surface area contributed by atoms with E-state index in [1.165, 1.54) is 88.7 Å². The summed E-state index contributed by atoms with van der Waals surface area (Å²) in [6.45, 7) is 4.78. The summed E-state index contributed by atoms with van der Waals surface area (Å²) in [5, 5.41) is 2.41. The second-order valence-electron chi connectivity index (χ2n) is 17.6. The van der Waals surface area contributed by atoms with Gasteiger partial charge in [-0.1, -0.05) is 208 Å². The van der Waals surface area contributed by atoms with Gasteiger partial charge in [-0.3, -0.25) is 0 Å². The standard InChI is InChI=1S/C62H45N/c1-61(2)55-23-11-13-25-57(55)62(58-26-14-12-24-56(58)61)54-22-10-9-20-53(54)60-52(21-15-27-59(60)62)48-29-28-47-41-51(39-34-46(47)40-48)63(49-35-30-44(31-36-49)42-16-5-3-6-17-42)50-37-32-45(33-38-50)43-18-7-4-8-19-43/h3-41H,1-2H3. The highest BCUT2D eigenvalue weighted by Crippen LogP contribution is 2.63. The summed E-state index contributed by atoms with van der Waals surface area (Å²) < 4.78 is 0. The molecule has 0 atom stereocenters. The van der Waals surface area contributed by atoms with Crippen LogP contribution in [0.25, 0.3) is 55.3 Å². The van der Waals surface area contributed by atoms with Gasteiger partial charge in [0.25, 0.3) is 0 Å². The molecule has 2 aliphatic carbocycles. The second kappa shape index (κ2) is 14.4. The number of anilines is 3. The number of benzene rings is 10. The highest BCUT2D eigenvalue weighted by Gasteiger charge is 2.53. The first kappa shape index (κ1) is 37.1. The Balaban J connectivity index is 0.982. The molecule has 12 rings (SSSR count). The molecule has 0 amide bonds. The zero-order valence-corrected chi connectivity index (χ0v) is 35.5. The Hall–Kier alpha value is -7.74. The molecule has 0 saturated carbocycles. The third-order valence-electron chi connectivity index (χ3n) is 13.9. The Labute approximate surface area is 370 Å². The number of nitrogens with zero attached hydrogens (tertiary/aromatic N) is 1. The third-order valence-corrected chi connectivity index (χ3v) is 13.9. The van der Waals surface area contributed by atoms with E-state index in [1.54, 1.807) is 0 Å². The Morgan fingerprint density at radius 1 is 0.286 bits per heavy atom. The zero-order valence-electron chi connectivity index (χ0n) is 35.5. The SMILES string of the molecule is CC1(C)c2ccccc2C2(c3ccccc3-c3c(-c4ccc5cc(N(c6ccc(-c7ccccc7)cc6)c6ccc(-c7ccccc7)cc6)ccc5c4)cccc32)c2ccccc21. The van der Waals surface area contributed by atoms with Crippen LogP contribution in [0.1, 0.15) is 47.2 Å². The van der Waals surface area contributed by atoms with E-state index in [1.807, 2.05) is 0 Å². The zero-order chi connectivity index (χ0) is 42.1. The summed E-state index contributed by atoms with van der Waals surface area (Å²) in [5.41, 5.74) is 21.0. The van der Waals surface area contributed by atoms with E-state index >= 15 is 0 Å². The predicted octanol–water partition coefficient (Wildman–Crippen LogP) is 16.3. The van der Waals surface area contributed by atoms with Gasteiger partial charge in [-0.15, -0.1) is 0 Å². The predicted molar refractivity (Wildman–Crippen MR) is 264 cm³/mol. The number of rotatable bonds is 6. The van der Waals surface area contributed by atoms with Crippen LogP contribution in [0.5, 0.6) is 0 Å². The lowest BCUT2D eigenvalue weighted by Crippen LogP contribution is -2.40. The quantitative estimate of drug-likeness (QED) is 0.162. The summed E-state index contributed by atoms with van der Waals surface area (Å²) in [7, 11) is 0. The molecule has 0 N–H and O–H groups in total. The van der Waals surface area contributed by atoms with Crippen molar-refractivity contribution in [1.29, 1.82) is 0 Å². The fourth-order valence-electron chi connectivity index (χ4n) is 11.0. The molecule has 0 heterocycles. The largest absolute Gasteiger partial charge is 0.310 e. The molecule has 1 nitrogen and oxygen atoms in total. The van der Waals surface area contributed by atoms with Crippen LogP contribution in [0.15, 0.2) is 237 Å². The molecule has 1 heteroatoms.